The SMILES string of the molecule is CN1CCC(N(C)c2ccc(C(=O)C=Cc3ccc(C=CC(=O)NO)cc3)cc2)CC1. The molecule has 3 rings (SSSR count). The molecule has 1 heterocycles. The first-order valence-electron chi connectivity index (χ1n) is 10.4. The average Bonchev–Trinajstić information content (AvgIpc) is 2.81. The number of nitrogens with zero attached hydrogens (tertiary/aromatic N) is 2. The van der Waals surface area contributed by atoms with Gasteiger partial charge in [0, 0.05) is 30.4 Å². The highest BCUT2D eigenvalue weighted by atomic mass is 16.5. The molecule has 1 saturated heterocycles. The standard InChI is InChI=1S/C25H29N3O3/c1-27-17-15-23(16-18-27)28(2)22-11-9-21(10-12-22)24(29)13-7-19-3-5-20(6-4-19)8-14-25(30)26-31/h3-14,23,31H,15-18H2,1-2H3,(H,26,30). The molecule has 0 saturated carbocycles. The smallest absolute Gasteiger partial charge is 0.267 e. The van der Waals surface area contributed by atoms with Crippen LogP contribution >= 0.6 is 0 Å². The van der Waals surface area contributed by atoms with Gasteiger partial charge in [-0.1, -0.05) is 30.3 Å². The molecule has 2 N–H and O–H groups in total. The maximum absolute atomic E-state index is 12.5. The molecule has 31 heavy (non-hydrogen) atoms. The minimum atomic E-state index is -0.585. The van der Waals surface area contributed by atoms with Gasteiger partial charge in [-0.15, -0.1) is 0 Å². The molecule has 1 aliphatic rings. The molecule has 1 amide bonds. The largest absolute Gasteiger partial charge is 0.372 e. The van der Waals surface area contributed by atoms with Crippen LogP contribution in [0.3, 0.4) is 0 Å². The van der Waals surface area contributed by atoms with Gasteiger partial charge in [0.25, 0.3) is 5.91 Å². The van der Waals surface area contributed by atoms with E-state index in [9.17, 15) is 9.59 Å². The first-order chi connectivity index (χ1) is 15.0. The van der Waals surface area contributed by atoms with Crippen LogP contribution in [0.25, 0.3) is 12.2 Å². The molecule has 0 atom stereocenters. The van der Waals surface area contributed by atoms with Crippen LogP contribution in [0.1, 0.15) is 34.3 Å². The highest BCUT2D eigenvalue weighted by Gasteiger charge is 2.20. The number of rotatable bonds is 7. The van der Waals surface area contributed by atoms with Gasteiger partial charge >= 0.3 is 0 Å². The van der Waals surface area contributed by atoms with Gasteiger partial charge in [-0.3, -0.25) is 14.8 Å². The Morgan fingerprint density at radius 3 is 2.06 bits per heavy atom. The fourth-order valence-electron chi connectivity index (χ4n) is 3.65. The summed E-state index contributed by atoms with van der Waals surface area (Å²) in [4.78, 5) is 28.2. The Bertz CT molecular complexity index is 941. The second-order valence-corrected chi connectivity index (χ2v) is 7.87. The van der Waals surface area contributed by atoms with Crippen molar-refractivity contribution >= 4 is 29.5 Å². The summed E-state index contributed by atoms with van der Waals surface area (Å²) in [6, 6.07) is 15.7. The Balaban J connectivity index is 1.58. The summed E-state index contributed by atoms with van der Waals surface area (Å²) in [5.74, 6) is -0.629. The number of ketones is 1. The van der Waals surface area contributed by atoms with Gasteiger partial charge < -0.3 is 9.80 Å². The van der Waals surface area contributed by atoms with E-state index >= 15 is 0 Å². The lowest BCUT2D eigenvalue weighted by Gasteiger charge is -2.36. The van der Waals surface area contributed by atoms with Crippen molar-refractivity contribution in [3.8, 4) is 0 Å². The summed E-state index contributed by atoms with van der Waals surface area (Å²) in [5, 5.41) is 8.49. The van der Waals surface area contributed by atoms with Gasteiger partial charge in [0.05, 0.1) is 0 Å². The third-order valence-corrected chi connectivity index (χ3v) is 5.70. The zero-order chi connectivity index (χ0) is 22.2. The van der Waals surface area contributed by atoms with Crippen molar-refractivity contribution in [3.63, 3.8) is 0 Å². The number of allylic oxidation sites excluding steroid dienone is 1. The minimum absolute atomic E-state index is 0.0444. The van der Waals surface area contributed by atoms with E-state index in [-0.39, 0.29) is 5.78 Å². The molecule has 0 aliphatic carbocycles. The molecule has 0 spiro atoms. The van der Waals surface area contributed by atoms with Gasteiger partial charge in [-0.05, 0) is 80.5 Å². The first kappa shape index (κ1) is 22.5. The molecule has 1 fully saturated rings. The van der Waals surface area contributed by atoms with Gasteiger partial charge in [0.1, 0.15) is 0 Å². The Kier molecular flexibility index (Phi) is 7.76. The number of carbonyl (C=O) groups is 2. The van der Waals surface area contributed by atoms with Crippen LogP contribution in [-0.4, -0.2) is 55.0 Å². The maximum Gasteiger partial charge on any atom is 0.267 e. The number of hydrogen-bond donors (Lipinski definition) is 2. The van der Waals surface area contributed by atoms with E-state index in [1.165, 1.54) is 6.08 Å². The average molecular weight is 420 g/mol. The Morgan fingerprint density at radius 1 is 0.968 bits per heavy atom. The highest BCUT2D eigenvalue weighted by Crippen LogP contribution is 2.22. The predicted octanol–water partition coefficient (Wildman–Crippen LogP) is 3.63. The third-order valence-electron chi connectivity index (χ3n) is 5.70. The number of anilines is 1. The van der Waals surface area contributed by atoms with Crippen molar-refractivity contribution in [2.24, 2.45) is 0 Å². The lowest BCUT2D eigenvalue weighted by Crippen LogP contribution is -2.41. The molecule has 162 valence electrons. The summed E-state index contributed by atoms with van der Waals surface area (Å²) < 4.78 is 0. The fourth-order valence-corrected chi connectivity index (χ4v) is 3.65. The Hall–Kier alpha value is -3.22. The normalized spacial score (nSPS) is 15.5. The van der Waals surface area contributed by atoms with E-state index < -0.39 is 5.91 Å². The molecule has 2 aromatic carbocycles. The number of nitrogens with one attached hydrogen (secondary N) is 1. The lowest BCUT2D eigenvalue weighted by atomic mass is 10.0. The lowest BCUT2D eigenvalue weighted by molar-refractivity contribution is -0.124. The van der Waals surface area contributed by atoms with E-state index in [0.29, 0.717) is 11.6 Å². The number of hydroxylamine groups is 1. The van der Waals surface area contributed by atoms with Gasteiger partial charge in [0.2, 0.25) is 0 Å². The zero-order valence-corrected chi connectivity index (χ0v) is 18.0. The number of benzene rings is 2. The van der Waals surface area contributed by atoms with E-state index in [2.05, 4.69) is 23.9 Å². The minimum Gasteiger partial charge on any atom is -0.372 e. The van der Waals surface area contributed by atoms with Crippen molar-refractivity contribution in [3.05, 3.63) is 77.4 Å². The molecule has 6 heteroatoms. The quantitative estimate of drug-likeness (QED) is 0.310. The van der Waals surface area contributed by atoms with Crippen LogP contribution in [0.2, 0.25) is 0 Å². The summed E-state index contributed by atoms with van der Waals surface area (Å²) >= 11 is 0. The molecule has 0 bridgehead atoms. The molecule has 0 unspecified atom stereocenters. The molecular formula is C25H29N3O3. The number of amides is 1. The number of hydrogen-bond acceptors (Lipinski definition) is 5. The summed E-state index contributed by atoms with van der Waals surface area (Å²) in [5.41, 5.74) is 5.04. The Labute approximate surface area is 183 Å². The monoisotopic (exact) mass is 419 g/mol. The van der Waals surface area contributed by atoms with Crippen molar-refractivity contribution in [2.75, 3.05) is 32.1 Å². The van der Waals surface area contributed by atoms with Gasteiger partial charge in [-0.2, -0.15) is 0 Å². The molecule has 1 aliphatic heterocycles. The van der Waals surface area contributed by atoms with E-state index in [1.807, 2.05) is 48.5 Å². The van der Waals surface area contributed by atoms with Crippen molar-refractivity contribution in [1.29, 1.82) is 0 Å². The van der Waals surface area contributed by atoms with Crippen LogP contribution in [0.15, 0.2) is 60.7 Å². The highest BCUT2D eigenvalue weighted by molar-refractivity contribution is 6.07. The predicted molar refractivity (Wildman–Crippen MR) is 124 cm³/mol. The molecule has 0 radical (unpaired) electrons. The van der Waals surface area contributed by atoms with E-state index in [4.69, 9.17) is 5.21 Å². The third kappa shape index (κ3) is 6.38. The summed E-state index contributed by atoms with van der Waals surface area (Å²) in [6.45, 7) is 2.23. The van der Waals surface area contributed by atoms with Crippen molar-refractivity contribution in [2.45, 2.75) is 18.9 Å². The molecule has 6 nitrogen and oxygen atoms in total. The summed E-state index contributed by atoms with van der Waals surface area (Å²) in [7, 11) is 4.29. The molecule has 0 aromatic heterocycles. The van der Waals surface area contributed by atoms with Gasteiger partial charge in [-0.25, -0.2) is 5.48 Å². The zero-order valence-electron chi connectivity index (χ0n) is 18.0. The molecular weight excluding hydrogens is 390 g/mol. The van der Waals surface area contributed by atoms with E-state index in [1.54, 1.807) is 23.7 Å². The van der Waals surface area contributed by atoms with Crippen LogP contribution in [0.5, 0.6) is 0 Å². The van der Waals surface area contributed by atoms with Crippen molar-refractivity contribution < 1.29 is 14.8 Å². The summed E-state index contributed by atoms with van der Waals surface area (Å²) in [6.07, 6.45) is 8.48. The molecule has 2 aromatic rings. The second kappa shape index (κ2) is 10.7. The van der Waals surface area contributed by atoms with E-state index in [0.717, 1.165) is 42.7 Å². The topological polar surface area (TPSA) is 72.9 Å². The van der Waals surface area contributed by atoms with Crippen LogP contribution in [0.4, 0.5) is 5.69 Å². The van der Waals surface area contributed by atoms with Crippen LogP contribution in [-0.2, 0) is 4.79 Å². The first-order valence-corrected chi connectivity index (χ1v) is 10.4. The number of carbonyl (C=O) groups excluding carboxylic acids is 2. The Morgan fingerprint density at radius 2 is 1.52 bits per heavy atom. The van der Waals surface area contributed by atoms with Crippen LogP contribution < -0.4 is 10.4 Å². The fraction of sp³-hybridized carbons (Fsp3) is 0.280. The number of piperidine rings is 1. The van der Waals surface area contributed by atoms with Crippen LogP contribution in [0, 0.1) is 0 Å². The second-order valence-electron chi connectivity index (χ2n) is 7.87. The van der Waals surface area contributed by atoms with Crippen molar-refractivity contribution in [1.82, 2.24) is 10.4 Å². The maximum atomic E-state index is 12.5. The van der Waals surface area contributed by atoms with Gasteiger partial charge in [0.15, 0.2) is 5.78 Å². The number of likely N-dealkylation sites (tertiary alicyclic amines) is 1.